The van der Waals surface area contributed by atoms with Crippen molar-refractivity contribution < 1.29 is 8.78 Å². The molecule has 0 spiro atoms. The van der Waals surface area contributed by atoms with E-state index in [9.17, 15) is 8.78 Å². The Morgan fingerprint density at radius 3 is 2.67 bits per heavy atom. The van der Waals surface area contributed by atoms with Gasteiger partial charge in [-0.2, -0.15) is 0 Å². The molecule has 0 aliphatic rings. The molecule has 0 unspecified atom stereocenters. The zero-order valence-corrected chi connectivity index (χ0v) is 8.31. The predicted octanol–water partition coefficient (Wildman–Crippen LogP) is 3.08. The monoisotopic (exact) mass is 224 g/mol. The quantitative estimate of drug-likeness (QED) is 0.754. The van der Waals surface area contributed by atoms with E-state index in [1.807, 2.05) is 0 Å². The Labute approximate surface area is 89.6 Å². The lowest BCUT2D eigenvalue weighted by molar-refractivity contribution is 0.585. The molecule has 1 heterocycles. The largest absolute Gasteiger partial charge is 0.346 e. The molecule has 1 aromatic carbocycles. The highest BCUT2D eigenvalue weighted by atomic mass is 32.1. The van der Waals surface area contributed by atoms with Gasteiger partial charge in [0.15, 0.2) is 0 Å². The van der Waals surface area contributed by atoms with Gasteiger partial charge in [-0.05, 0) is 18.2 Å². The number of H-pyrrole nitrogens is 1. The molecule has 2 aromatic rings. The maximum absolute atomic E-state index is 13.4. The van der Waals surface area contributed by atoms with Gasteiger partial charge in [-0.15, -0.1) is 0 Å². The van der Waals surface area contributed by atoms with Crippen LogP contribution in [0.4, 0.5) is 8.78 Å². The maximum Gasteiger partial charge on any atom is 0.135 e. The van der Waals surface area contributed by atoms with Crippen molar-refractivity contribution in [2.75, 3.05) is 0 Å². The Morgan fingerprint density at radius 2 is 2.00 bits per heavy atom. The molecule has 0 aliphatic heterocycles. The van der Waals surface area contributed by atoms with Crippen molar-refractivity contribution in [3.8, 4) is 11.3 Å². The van der Waals surface area contributed by atoms with Crippen LogP contribution in [0, 0.1) is 16.3 Å². The molecule has 0 atom stereocenters. The van der Waals surface area contributed by atoms with Gasteiger partial charge in [0.1, 0.15) is 16.3 Å². The van der Waals surface area contributed by atoms with Gasteiger partial charge in [-0.3, -0.25) is 0 Å². The summed E-state index contributed by atoms with van der Waals surface area (Å²) in [5, 5.41) is 0. The fraction of sp³-hybridized carbons (Fsp3) is 0. The number of halogens is 2. The van der Waals surface area contributed by atoms with Crippen molar-refractivity contribution in [1.82, 2.24) is 9.97 Å². The fourth-order valence-corrected chi connectivity index (χ4v) is 1.40. The molecule has 0 radical (unpaired) electrons. The van der Waals surface area contributed by atoms with Crippen LogP contribution in [0.25, 0.3) is 11.3 Å². The molecule has 0 fully saturated rings. The second-order valence-electron chi connectivity index (χ2n) is 2.92. The Hall–Kier alpha value is -1.62. The number of aromatic amines is 1. The molecule has 5 heteroatoms. The number of hydrogen-bond donors (Lipinski definition) is 1. The minimum Gasteiger partial charge on any atom is -0.346 e. The molecule has 2 nitrogen and oxygen atoms in total. The van der Waals surface area contributed by atoms with E-state index >= 15 is 0 Å². The van der Waals surface area contributed by atoms with Crippen LogP contribution >= 0.6 is 12.2 Å². The van der Waals surface area contributed by atoms with Crippen LogP contribution in [-0.2, 0) is 0 Å². The van der Waals surface area contributed by atoms with E-state index in [0.717, 1.165) is 6.07 Å². The first-order valence-electron chi connectivity index (χ1n) is 4.17. The number of aromatic nitrogens is 2. The molecule has 0 saturated carbocycles. The Kier molecular flexibility index (Phi) is 2.55. The van der Waals surface area contributed by atoms with Crippen LogP contribution in [0.3, 0.4) is 0 Å². The Balaban J connectivity index is 2.59. The topological polar surface area (TPSA) is 28.7 Å². The van der Waals surface area contributed by atoms with E-state index < -0.39 is 11.6 Å². The molecule has 1 N–H and O–H groups in total. The van der Waals surface area contributed by atoms with Crippen LogP contribution in [-0.4, -0.2) is 9.97 Å². The van der Waals surface area contributed by atoms with Crippen LogP contribution in [0.15, 0.2) is 30.6 Å². The molecular formula is C10H6F2N2S. The highest BCUT2D eigenvalue weighted by molar-refractivity contribution is 7.71. The minimum absolute atomic E-state index is 0.268. The number of nitrogens with zero attached hydrogens (tertiary/aromatic N) is 1. The van der Waals surface area contributed by atoms with Crippen molar-refractivity contribution >= 4 is 12.2 Å². The molecule has 15 heavy (non-hydrogen) atoms. The number of rotatable bonds is 1. The third-order valence-corrected chi connectivity index (χ3v) is 2.12. The molecule has 0 amide bonds. The standard InChI is InChI=1S/C10H6F2N2S/c11-6-1-2-7(8(12)3-6)9-4-10(15)14-5-13-9/h1-5H,(H,13,14,15). The van der Waals surface area contributed by atoms with Gasteiger partial charge in [0.2, 0.25) is 0 Å². The van der Waals surface area contributed by atoms with Gasteiger partial charge in [-0.25, -0.2) is 13.8 Å². The summed E-state index contributed by atoms with van der Waals surface area (Å²) in [7, 11) is 0. The van der Waals surface area contributed by atoms with E-state index in [0.29, 0.717) is 10.3 Å². The lowest BCUT2D eigenvalue weighted by Crippen LogP contribution is -1.90. The zero-order chi connectivity index (χ0) is 10.8. The highest BCUT2D eigenvalue weighted by Gasteiger charge is 2.06. The average Bonchev–Trinajstić information content (AvgIpc) is 2.17. The summed E-state index contributed by atoms with van der Waals surface area (Å²) in [5.41, 5.74) is 0.748. The second-order valence-corrected chi connectivity index (χ2v) is 3.34. The smallest absolute Gasteiger partial charge is 0.135 e. The molecule has 1 aromatic heterocycles. The molecule has 2 rings (SSSR count). The first-order valence-corrected chi connectivity index (χ1v) is 4.58. The summed E-state index contributed by atoms with van der Waals surface area (Å²) >= 11 is 4.84. The first-order chi connectivity index (χ1) is 7.16. The Bertz CT molecular complexity index is 551. The van der Waals surface area contributed by atoms with E-state index in [4.69, 9.17) is 12.2 Å². The predicted molar refractivity (Wildman–Crippen MR) is 54.8 cm³/mol. The highest BCUT2D eigenvalue weighted by Crippen LogP contribution is 2.20. The van der Waals surface area contributed by atoms with Gasteiger partial charge in [0.05, 0.1) is 12.0 Å². The first kappa shape index (κ1) is 9.92. The number of nitrogens with one attached hydrogen (secondary N) is 1. The molecule has 0 saturated heterocycles. The number of benzene rings is 1. The van der Waals surface area contributed by atoms with Crippen molar-refractivity contribution in [2.24, 2.45) is 0 Å². The third-order valence-electron chi connectivity index (χ3n) is 1.90. The summed E-state index contributed by atoms with van der Waals surface area (Å²) < 4.78 is 26.4. The number of hydrogen-bond acceptors (Lipinski definition) is 2. The molecule has 76 valence electrons. The molecule has 0 bridgehead atoms. The van der Waals surface area contributed by atoms with Crippen LogP contribution in [0.1, 0.15) is 0 Å². The van der Waals surface area contributed by atoms with Gasteiger partial charge in [0, 0.05) is 11.6 Å². The minimum atomic E-state index is -0.633. The summed E-state index contributed by atoms with van der Waals surface area (Å²) in [4.78, 5) is 6.52. The van der Waals surface area contributed by atoms with Crippen LogP contribution in [0.2, 0.25) is 0 Å². The van der Waals surface area contributed by atoms with E-state index in [1.165, 1.54) is 24.5 Å². The molecular weight excluding hydrogens is 218 g/mol. The summed E-state index contributed by atoms with van der Waals surface area (Å²) in [6.45, 7) is 0. The molecule has 0 aliphatic carbocycles. The lowest BCUT2D eigenvalue weighted by Gasteiger charge is -2.02. The van der Waals surface area contributed by atoms with Crippen molar-refractivity contribution in [1.29, 1.82) is 0 Å². The summed E-state index contributed by atoms with van der Waals surface area (Å²) in [6, 6.07) is 4.89. The van der Waals surface area contributed by atoms with Gasteiger partial charge in [-0.1, -0.05) is 12.2 Å². The van der Waals surface area contributed by atoms with Crippen molar-refractivity contribution in [3.63, 3.8) is 0 Å². The van der Waals surface area contributed by atoms with Crippen LogP contribution in [0.5, 0.6) is 0 Å². The average molecular weight is 224 g/mol. The normalized spacial score (nSPS) is 10.3. The van der Waals surface area contributed by atoms with Gasteiger partial charge < -0.3 is 4.98 Å². The van der Waals surface area contributed by atoms with E-state index in [2.05, 4.69) is 9.97 Å². The van der Waals surface area contributed by atoms with E-state index in [-0.39, 0.29) is 5.56 Å². The van der Waals surface area contributed by atoms with Crippen molar-refractivity contribution in [3.05, 3.63) is 46.9 Å². The van der Waals surface area contributed by atoms with Crippen molar-refractivity contribution in [2.45, 2.75) is 0 Å². The van der Waals surface area contributed by atoms with Crippen LogP contribution < -0.4 is 0 Å². The second kappa shape index (κ2) is 3.86. The lowest BCUT2D eigenvalue weighted by atomic mass is 10.1. The maximum atomic E-state index is 13.4. The zero-order valence-electron chi connectivity index (χ0n) is 7.50. The van der Waals surface area contributed by atoms with E-state index in [1.54, 1.807) is 0 Å². The summed E-state index contributed by atoms with van der Waals surface area (Å²) in [6.07, 6.45) is 1.38. The van der Waals surface area contributed by atoms with Gasteiger partial charge >= 0.3 is 0 Å². The fourth-order valence-electron chi connectivity index (χ4n) is 1.23. The summed E-state index contributed by atoms with van der Waals surface area (Å²) in [5.74, 6) is -1.24. The Morgan fingerprint density at radius 1 is 1.20 bits per heavy atom. The van der Waals surface area contributed by atoms with Gasteiger partial charge in [0.25, 0.3) is 0 Å². The SMILES string of the molecule is Fc1ccc(-c2cc(=S)nc[nH]2)c(F)c1. The third kappa shape index (κ3) is 2.07.